The average Bonchev–Trinajstić information content (AvgIpc) is 2.37. The Hall–Kier alpha value is -2.31. The molecule has 0 aliphatic rings. The summed E-state index contributed by atoms with van der Waals surface area (Å²) in [5, 5.41) is 13.9. The van der Waals surface area contributed by atoms with E-state index in [4.69, 9.17) is 4.74 Å². The molecule has 1 aromatic rings. The number of nitro benzene ring substituents is 1. The summed E-state index contributed by atoms with van der Waals surface area (Å²) in [6.07, 6.45) is 0.265. The van der Waals surface area contributed by atoms with Crippen LogP contribution in [0.15, 0.2) is 18.2 Å². The molecule has 1 amide bonds. The van der Waals surface area contributed by atoms with Crippen LogP contribution in [0.25, 0.3) is 0 Å². The number of hydrogen-bond acceptors (Lipinski definition) is 5. The lowest BCUT2D eigenvalue weighted by Crippen LogP contribution is -2.24. The lowest BCUT2D eigenvalue weighted by molar-refractivity contribution is -0.384. The molecule has 7 nitrogen and oxygen atoms in total. The van der Waals surface area contributed by atoms with Crippen LogP contribution in [0.3, 0.4) is 0 Å². The van der Waals surface area contributed by atoms with Gasteiger partial charge in [-0.25, -0.2) is 0 Å². The molecule has 1 aromatic carbocycles. The number of amides is 1. The number of rotatable bonds is 6. The predicted octanol–water partition coefficient (Wildman–Crippen LogP) is 1.49. The molecule has 0 aliphatic carbocycles. The van der Waals surface area contributed by atoms with Crippen LogP contribution in [0, 0.1) is 10.1 Å². The van der Waals surface area contributed by atoms with Crippen molar-refractivity contribution in [2.45, 2.75) is 6.42 Å². The van der Waals surface area contributed by atoms with Crippen LogP contribution in [0.1, 0.15) is 6.42 Å². The number of nitro groups is 1. The molecular formula is C12H17N3O4. The fraction of sp³-hybridized carbons (Fsp3) is 0.417. The van der Waals surface area contributed by atoms with Gasteiger partial charge in [0.25, 0.3) is 0 Å². The van der Waals surface area contributed by atoms with Gasteiger partial charge in [-0.1, -0.05) is 6.07 Å². The fourth-order valence-electron chi connectivity index (χ4n) is 1.55. The number of nitrogens with one attached hydrogen (secondary N) is 1. The second-order valence-electron chi connectivity index (χ2n) is 4.08. The summed E-state index contributed by atoms with van der Waals surface area (Å²) in [4.78, 5) is 23.4. The van der Waals surface area contributed by atoms with Gasteiger partial charge in [0.2, 0.25) is 5.91 Å². The largest absolute Gasteiger partial charge is 0.490 e. The number of para-hydroxylation sites is 1. The summed E-state index contributed by atoms with van der Waals surface area (Å²) in [5.41, 5.74) is 0.221. The SMILES string of the molecule is COc1cccc(NCCC(=O)N(C)C)c1[N+](=O)[O-]. The highest BCUT2D eigenvalue weighted by molar-refractivity contribution is 5.76. The smallest absolute Gasteiger partial charge is 0.333 e. The number of anilines is 1. The maximum Gasteiger partial charge on any atom is 0.333 e. The molecule has 0 spiro atoms. The fourth-order valence-corrected chi connectivity index (χ4v) is 1.55. The zero-order valence-corrected chi connectivity index (χ0v) is 11.2. The normalized spacial score (nSPS) is 9.84. The molecule has 104 valence electrons. The molecule has 0 radical (unpaired) electrons. The van der Waals surface area contributed by atoms with Gasteiger partial charge < -0.3 is 15.0 Å². The van der Waals surface area contributed by atoms with Gasteiger partial charge in [0.05, 0.1) is 12.0 Å². The van der Waals surface area contributed by atoms with Gasteiger partial charge in [-0.05, 0) is 12.1 Å². The Labute approximate surface area is 111 Å². The highest BCUT2D eigenvalue weighted by Gasteiger charge is 2.20. The number of nitrogens with zero attached hydrogens (tertiary/aromatic N) is 2. The van der Waals surface area contributed by atoms with Crippen molar-refractivity contribution < 1.29 is 14.5 Å². The molecule has 0 heterocycles. The van der Waals surface area contributed by atoms with Gasteiger partial charge in [0.1, 0.15) is 5.69 Å². The summed E-state index contributed by atoms with van der Waals surface area (Å²) in [7, 11) is 4.70. The molecule has 0 atom stereocenters. The van der Waals surface area contributed by atoms with Crippen LogP contribution >= 0.6 is 0 Å². The van der Waals surface area contributed by atoms with E-state index in [-0.39, 0.29) is 23.8 Å². The minimum atomic E-state index is -0.505. The van der Waals surface area contributed by atoms with Crippen molar-refractivity contribution in [2.75, 3.05) is 33.1 Å². The summed E-state index contributed by atoms with van der Waals surface area (Å²) >= 11 is 0. The molecule has 0 fully saturated rings. The Bertz CT molecular complexity index is 474. The molecule has 1 N–H and O–H groups in total. The highest BCUT2D eigenvalue weighted by Crippen LogP contribution is 2.34. The third-order valence-electron chi connectivity index (χ3n) is 2.55. The van der Waals surface area contributed by atoms with Crippen LogP contribution in [0.5, 0.6) is 5.75 Å². The van der Waals surface area contributed by atoms with Crippen LogP contribution < -0.4 is 10.1 Å². The van der Waals surface area contributed by atoms with Gasteiger partial charge in [0.15, 0.2) is 5.75 Å². The second kappa shape index (κ2) is 6.58. The van der Waals surface area contributed by atoms with Crippen LogP contribution in [0.2, 0.25) is 0 Å². The summed E-state index contributed by atoms with van der Waals surface area (Å²) in [5.74, 6) is 0.145. The van der Waals surface area contributed by atoms with Crippen molar-refractivity contribution in [1.82, 2.24) is 4.90 Å². The van der Waals surface area contributed by atoms with Gasteiger partial charge in [-0.2, -0.15) is 0 Å². The minimum absolute atomic E-state index is 0.0435. The van der Waals surface area contributed by atoms with Gasteiger partial charge in [-0.3, -0.25) is 14.9 Å². The molecule has 0 aliphatic heterocycles. The first-order valence-electron chi connectivity index (χ1n) is 5.72. The quantitative estimate of drug-likeness (QED) is 0.623. The van der Waals surface area contributed by atoms with Crippen molar-refractivity contribution >= 4 is 17.3 Å². The van der Waals surface area contributed by atoms with E-state index in [1.807, 2.05) is 0 Å². The highest BCUT2D eigenvalue weighted by atomic mass is 16.6. The Morgan fingerprint density at radius 1 is 1.47 bits per heavy atom. The first-order chi connectivity index (χ1) is 8.97. The van der Waals surface area contributed by atoms with Crippen molar-refractivity contribution in [3.63, 3.8) is 0 Å². The molecule has 1 rings (SSSR count). The first-order valence-corrected chi connectivity index (χ1v) is 5.72. The summed E-state index contributed by atoms with van der Waals surface area (Å²) in [6, 6.07) is 4.76. The van der Waals surface area contributed by atoms with Crippen molar-refractivity contribution in [1.29, 1.82) is 0 Å². The van der Waals surface area contributed by atoms with Crippen molar-refractivity contribution in [3.05, 3.63) is 28.3 Å². The zero-order valence-electron chi connectivity index (χ0n) is 11.2. The Balaban J connectivity index is 2.78. The first kappa shape index (κ1) is 14.7. The molecule has 0 saturated heterocycles. The third kappa shape index (κ3) is 3.84. The maximum absolute atomic E-state index is 11.4. The molecule has 0 unspecified atom stereocenters. The molecule has 0 saturated carbocycles. The third-order valence-corrected chi connectivity index (χ3v) is 2.55. The molecule has 0 bridgehead atoms. The maximum atomic E-state index is 11.4. The molecular weight excluding hydrogens is 250 g/mol. The molecule has 0 aromatic heterocycles. The topological polar surface area (TPSA) is 84.7 Å². The zero-order chi connectivity index (χ0) is 14.4. The van der Waals surface area contributed by atoms with Crippen molar-refractivity contribution in [3.8, 4) is 5.75 Å². The lowest BCUT2D eigenvalue weighted by atomic mass is 10.2. The van der Waals surface area contributed by atoms with E-state index in [9.17, 15) is 14.9 Å². The minimum Gasteiger partial charge on any atom is -0.490 e. The Morgan fingerprint density at radius 2 is 2.16 bits per heavy atom. The van der Waals surface area contributed by atoms with E-state index < -0.39 is 4.92 Å². The number of hydrogen-bond donors (Lipinski definition) is 1. The van der Waals surface area contributed by atoms with E-state index >= 15 is 0 Å². The van der Waals surface area contributed by atoms with E-state index in [1.54, 1.807) is 26.2 Å². The summed E-state index contributed by atoms with van der Waals surface area (Å²) in [6.45, 7) is 0.324. The number of carbonyl (C=O) groups is 1. The standard InChI is InChI=1S/C12H17N3O4/c1-14(2)11(16)7-8-13-9-5-4-6-10(19-3)12(9)15(17)18/h4-6,13H,7-8H2,1-3H3. The number of benzene rings is 1. The van der Waals surface area contributed by atoms with E-state index in [1.165, 1.54) is 18.1 Å². The number of carbonyl (C=O) groups excluding carboxylic acids is 1. The van der Waals surface area contributed by atoms with Crippen LogP contribution in [-0.4, -0.2) is 43.5 Å². The second-order valence-corrected chi connectivity index (χ2v) is 4.08. The average molecular weight is 267 g/mol. The van der Waals surface area contributed by atoms with Gasteiger partial charge in [0, 0.05) is 27.1 Å². The lowest BCUT2D eigenvalue weighted by Gasteiger charge is -2.12. The Morgan fingerprint density at radius 3 is 2.68 bits per heavy atom. The van der Waals surface area contributed by atoms with E-state index in [0.29, 0.717) is 12.2 Å². The van der Waals surface area contributed by atoms with E-state index in [2.05, 4.69) is 5.32 Å². The van der Waals surface area contributed by atoms with Crippen LogP contribution in [-0.2, 0) is 4.79 Å². The van der Waals surface area contributed by atoms with Crippen molar-refractivity contribution in [2.24, 2.45) is 0 Å². The Kier molecular flexibility index (Phi) is 5.11. The van der Waals surface area contributed by atoms with Gasteiger partial charge in [-0.15, -0.1) is 0 Å². The van der Waals surface area contributed by atoms with Crippen LogP contribution in [0.4, 0.5) is 11.4 Å². The number of ether oxygens (including phenoxy) is 1. The monoisotopic (exact) mass is 267 g/mol. The number of methoxy groups -OCH3 is 1. The van der Waals surface area contributed by atoms with E-state index in [0.717, 1.165) is 0 Å². The van der Waals surface area contributed by atoms with Gasteiger partial charge >= 0.3 is 5.69 Å². The summed E-state index contributed by atoms with van der Waals surface area (Å²) < 4.78 is 4.96. The molecule has 7 heteroatoms. The molecule has 19 heavy (non-hydrogen) atoms. The predicted molar refractivity (Wildman–Crippen MR) is 71.4 cm³/mol.